The highest BCUT2D eigenvalue weighted by Crippen LogP contribution is 2.36. The molecular weight excluding hydrogens is 505 g/mol. The van der Waals surface area contributed by atoms with Crippen molar-refractivity contribution in [3.05, 3.63) is 115 Å². The molecule has 2 amide bonds. The molecule has 36 heavy (non-hydrogen) atoms. The Labute approximate surface area is 213 Å². The molecule has 1 fully saturated rings. The van der Waals surface area contributed by atoms with E-state index in [2.05, 4.69) is 0 Å². The van der Waals surface area contributed by atoms with Gasteiger partial charge in [-0.15, -0.1) is 0 Å². The Morgan fingerprint density at radius 2 is 1.75 bits per heavy atom. The van der Waals surface area contributed by atoms with Gasteiger partial charge in [0.1, 0.15) is 5.82 Å². The van der Waals surface area contributed by atoms with E-state index in [4.69, 9.17) is 11.6 Å². The molecule has 0 saturated carbocycles. The Bertz CT molecular complexity index is 1560. The molecule has 0 spiro atoms. The molecule has 180 valence electrons. The number of hydrogen-bond acceptors (Lipinski definition) is 5. The number of nitrogens with zero attached hydrogens (tertiary/aromatic N) is 3. The smallest absolute Gasteiger partial charge is 0.293 e. The van der Waals surface area contributed by atoms with Gasteiger partial charge in [-0.25, -0.2) is 4.39 Å². The van der Waals surface area contributed by atoms with Crippen LogP contribution in [-0.2, 0) is 17.9 Å². The molecule has 0 aliphatic carbocycles. The van der Waals surface area contributed by atoms with Crippen LogP contribution in [0.15, 0.2) is 77.8 Å². The molecule has 3 aromatic carbocycles. The Balaban J connectivity index is 1.49. The van der Waals surface area contributed by atoms with Crippen molar-refractivity contribution < 1.29 is 18.9 Å². The van der Waals surface area contributed by atoms with Crippen molar-refractivity contribution in [1.29, 1.82) is 0 Å². The molecule has 1 aliphatic rings. The van der Waals surface area contributed by atoms with Gasteiger partial charge in [-0.2, -0.15) is 0 Å². The van der Waals surface area contributed by atoms with Crippen LogP contribution in [0.1, 0.15) is 16.7 Å². The Morgan fingerprint density at radius 3 is 2.53 bits per heavy atom. The first kappa shape index (κ1) is 23.8. The average Bonchev–Trinajstić information content (AvgIpc) is 3.33. The number of para-hydroxylation sites is 2. The van der Waals surface area contributed by atoms with Crippen molar-refractivity contribution >= 4 is 57.2 Å². The van der Waals surface area contributed by atoms with Crippen LogP contribution in [0.4, 0.5) is 14.9 Å². The van der Waals surface area contributed by atoms with Crippen LogP contribution >= 0.6 is 23.4 Å². The number of amides is 2. The number of fused-ring (bicyclic) bond motifs is 1. The monoisotopic (exact) mass is 521 g/mol. The van der Waals surface area contributed by atoms with E-state index in [-0.39, 0.29) is 34.3 Å². The predicted molar refractivity (Wildman–Crippen MR) is 137 cm³/mol. The van der Waals surface area contributed by atoms with Gasteiger partial charge in [0.15, 0.2) is 0 Å². The van der Waals surface area contributed by atoms with Crippen LogP contribution in [0.2, 0.25) is 5.02 Å². The minimum absolute atomic E-state index is 0.0183. The van der Waals surface area contributed by atoms with Crippen LogP contribution in [0.5, 0.6) is 0 Å². The predicted octanol–water partition coefficient (Wildman–Crippen LogP) is 6.63. The summed E-state index contributed by atoms with van der Waals surface area (Å²) in [6, 6.07) is 18.2. The van der Waals surface area contributed by atoms with Crippen molar-refractivity contribution in [3.8, 4) is 0 Å². The second kappa shape index (κ2) is 9.60. The van der Waals surface area contributed by atoms with Gasteiger partial charge in [-0.05, 0) is 36.0 Å². The molecule has 7 nitrogen and oxygen atoms in total. The van der Waals surface area contributed by atoms with E-state index in [0.717, 1.165) is 27.6 Å². The van der Waals surface area contributed by atoms with Crippen LogP contribution in [-0.4, -0.2) is 25.5 Å². The summed E-state index contributed by atoms with van der Waals surface area (Å²) in [5, 5.41) is 11.9. The molecule has 0 atom stereocenters. The fraction of sp³-hybridized carbons (Fsp3) is 0.0769. The second-order valence-corrected chi connectivity index (χ2v) is 9.48. The molecule has 10 heteroatoms. The number of rotatable bonds is 6. The number of nitro benzene ring substituents is 1. The lowest BCUT2D eigenvalue weighted by molar-refractivity contribution is -0.385. The summed E-state index contributed by atoms with van der Waals surface area (Å²) in [4.78, 5) is 37.9. The molecule has 0 N–H and O–H groups in total. The second-order valence-electron chi connectivity index (χ2n) is 8.08. The van der Waals surface area contributed by atoms with Crippen molar-refractivity contribution in [2.45, 2.75) is 13.1 Å². The summed E-state index contributed by atoms with van der Waals surface area (Å²) in [6.07, 6.45) is 3.41. The fourth-order valence-corrected chi connectivity index (χ4v) is 5.20. The third-order valence-corrected chi connectivity index (χ3v) is 7.15. The summed E-state index contributed by atoms with van der Waals surface area (Å²) in [5.41, 5.74) is 2.13. The van der Waals surface area contributed by atoms with Crippen molar-refractivity contribution in [1.82, 2.24) is 9.47 Å². The molecule has 0 unspecified atom stereocenters. The van der Waals surface area contributed by atoms with Crippen LogP contribution in [0.3, 0.4) is 0 Å². The Morgan fingerprint density at radius 1 is 1.00 bits per heavy atom. The lowest BCUT2D eigenvalue weighted by atomic mass is 10.1. The number of aromatic nitrogens is 1. The minimum atomic E-state index is -0.594. The van der Waals surface area contributed by atoms with Gasteiger partial charge in [0.25, 0.3) is 16.8 Å². The van der Waals surface area contributed by atoms with Gasteiger partial charge >= 0.3 is 0 Å². The van der Waals surface area contributed by atoms with Gasteiger partial charge in [0.2, 0.25) is 0 Å². The van der Waals surface area contributed by atoms with E-state index in [9.17, 15) is 24.1 Å². The van der Waals surface area contributed by atoms with Gasteiger partial charge in [0.05, 0.1) is 22.9 Å². The summed E-state index contributed by atoms with van der Waals surface area (Å²) in [5.74, 6) is -1.14. The number of carbonyl (C=O) groups is 2. The third-order valence-electron chi connectivity index (χ3n) is 5.89. The SMILES string of the molecule is O=C1S/C(=C\c2cn(Cc3ccccc3[N+](=O)[O-])c3ccccc23)C(=O)N1Cc1c(F)cccc1Cl. The van der Waals surface area contributed by atoms with E-state index in [1.54, 1.807) is 30.5 Å². The van der Waals surface area contributed by atoms with E-state index < -0.39 is 21.9 Å². The molecule has 1 aliphatic heterocycles. The summed E-state index contributed by atoms with van der Waals surface area (Å²) in [7, 11) is 0. The minimum Gasteiger partial charge on any atom is -0.342 e. The number of carbonyl (C=O) groups excluding carboxylic acids is 2. The zero-order chi connectivity index (χ0) is 25.4. The first-order valence-electron chi connectivity index (χ1n) is 10.8. The molecule has 0 radical (unpaired) electrons. The zero-order valence-electron chi connectivity index (χ0n) is 18.6. The first-order chi connectivity index (χ1) is 17.3. The molecule has 1 aromatic heterocycles. The lowest BCUT2D eigenvalue weighted by Crippen LogP contribution is -2.28. The molecular formula is C26H17ClFN3O4S. The highest BCUT2D eigenvalue weighted by molar-refractivity contribution is 8.18. The number of hydrogen-bond donors (Lipinski definition) is 0. The number of thioether (sulfide) groups is 1. The fourth-order valence-electron chi connectivity index (χ4n) is 4.15. The molecule has 5 rings (SSSR count). The van der Waals surface area contributed by atoms with E-state index in [1.165, 1.54) is 24.3 Å². The number of imide groups is 1. The van der Waals surface area contributed by atoms with Gasteiger partial charge < -0.3 is 4.57 Å². The van der Waals surface area contributed by atoms with E-state index >= 15 is 0 Å². The molecule has 1 saturated heterocycles. The Hall–Kier alpha value is -3.95. The first-order valence-corrected chi connectivity index (χ1v) is 12.0. The zero-order valence-corrected chi connectivity index (χ0v) is 20.1. The maximum Gasteiger partial charge on any atom is 0.293 e. The van der Waals surface area contributed by atoms with Crippen molar-refractivity contribution in [2.24, 2.45) is 0 Å². The summed E-state index contributed by atoms with van der Waals surface area (Å²) < 4.78 is 16.1. The molecule has 4 aromatic rings. The quantitative estimate of drug-likeness (QED) is 0.161. The van der Waals surface area contributed by atoms with Gasteiger partial charge in [-0.3, -0.25) is 24.6 Å². The summed E-state index contributed by atoms with van der Waals surface area (Å²) in [6.45, 7) is -0.0221. The van der Waals surface area contributed by atoms with E-state index in [1.807, 2.05) is 28.8 Å². The van der Waals surface area contributed by atoms with Crippen LogP contribution in [0, 0.1) is 15.9 Å². The largest absolute Gasteiger partial charge is 0.342 e. The Kier molecular flexibility index (Phi) is 6.34. The highest BCUT2D eigenvalue weighted by atomic mass is 35.5. The number of halogens is 2. The highest BCUT2D eigenvalue weighted by Gasteiger charge is 2.36. The lowest BCUT2D eigenvalue weighted by Gasteiger charge is -2.14. The van der Waals surface area contributed by atoms with Crippen LogP contribution in [0.25, 0.3) is 17.0 Å². The van der Waals surface area contributed by atoms with E-state index in [0.29, 0.717) is 11.1 Å². The third kappa shape index (κ3) is 4.38. The van der Waals surface area contributed by atoms with Crippen molar-refractivity contribution in [3.63, 3.8) is 0 Å². The number of benzene rings is 3. The van der Waals surface area contributed by atoms with Gasteiger partial charge in [-0.1, -0.05) is 54.1 Å². The molecule has 0 bridgehead atoms. The maximum atomic E-state index is 14.2. The molecule has 2 heterocycles. The summed E-state index contributed by atoms with van der Waals surface area (Å²) >= 11 is 6.85. The normalized spacial score (nSPS) is 14.8. The standard InChI is InChI=1S/C26H17ClFN3O4S/c27-20-8-5-9-21(28)19(20)15-30-25(32)24(36-26(30)33)12-17-14-29(23-11-4-2-7-18(17)23)13-16-6-1-3-10-22(16)31(34)35/h1-12,14H,13,15H2/b24-12-. The average molecular weight is 522 g/mol. The topological polar surface area (TPSA) is 85.5 Å². The van der Waals surface area contributed by atoms with Crippen LogP contribution < -0.4 is 0 Å². The maximum absolute atomic E-state index is 14.2. The number of nitro groups is 1. The van der Waals surface area contributed by atoms with Gasteiger partial charge in [0, 0.05) is 44.9 Å². The van der Waals surface area contributed by atoms with Crippen molar-refractivity contribution in [2.75, 3.05) is 0 Å².